The van der Waals surface area contributed by atoms with Gasteiger partial charge in [0.15, 0.2) is 11.6 Å². The predicted molar refractivity (Wildman–Crippen MR) is 157 cm³/mol. The highest BCUT2D eigenvalue weighted by Gasteiger charge is 2.26. The molecule has 0 unspecified atom stereocenters. The molecule has 0 aliphatic carbocycles. The monoisotopic (exact) mass is 554 g/mol. The molecule has 5 rings (SSSR count). The van der Waals surface area contributed by atoms with Crippen molar-refractivity contribution in [3.8, 4) is 17.2 Å². The maximum Gasteiger partial charge on any atom is 0.284 e. The van der Waals surface area contributed by atoms with Crippen LogP contribution in [0.4, 0.5) is 10.1 Å². The lowest BCUT2D eigenvalue weighted by Gasteiger charge is -2.19. The van der Waals surface area contributed by atoms with Crippen LogP contribution in [-0.4, -0.2) is 31.5 Å². The number of pyridine rings is 1. The minimum atomic E-state index is -0.741. The second kappa shape index (κ2) is 11.4. The van der Waals surface area contributed by atoms with Crippen LogP contribution >= 0.6 is 0 Å². The van der Waals surface area contributed by atoms with E-state index in [2.05, 4.69) is 10.3 Å². The minimum absolute atomic E-state index is 0.0208. The third-order valence-corrected chi connectivity index (χ3v) is 7.02. The summed E-state index contributed by atoms with van der Waals surface area (Å²) in [6.07, 6.45) is 0.857. The van der Waals surface area contributed by atoms with Crippen LogP contribution in [0.5, 0.6) is 11.5 Å². The second-order valence-corrected chi connectivity index (χ2v) is 10.3. The van der Waals surface area contributed by atoms with Crippen molar-refractivity contribution in [2.24, 2.45) is 5.92 Å². The third-order valence-electron chi connectivity index (χ3n) is 7.02. The maximum atomic E-state index is 15.1. The van der Waals surface area contributed by atoms with Gasteiger partial charge in [0, 0.05) is 23.3 Å². The fourth-order valence-electron chi connectivity index (χ4n) is 4.64. The molecule has 0 saturated carbocycles. The van der Waals surface area contributed by atoms with Crippen molar-refractivity contribution in [2.75, 3.05) is 5.32 Å². The number of aromatic nitrogens is 3. The SMILES string of the molecule is Cc1ccc2c(Oc3ccc(NC(=O)c4c(C)n(C[C@@H](O)C(C)C)n(-c5ccccc5)c4=O)cc3F)ccnc2c1. The van der Waals surface area contributed by atoms with Crippen LogP contribution in [0.15, 0.2) is 83.8 Å². The molecule has 9 heteroatoms. The highest BCUT2D eigenvalue weighted by Crippen LogP contribution is 2.32. The maximum absolute atomic E-state index is 15.1. The number of para-hydroxylation sites is 1. The van der Waals surface area contributed by atoms with Gasteiger partial charge in [-0.3, -0.25) is 19.3 Å². The van der Waals surface area contributed by atoms with Gasteiger partial charge in [0.1, 0.15) is 11.3 Å². The Morgan fingerprint density at radius 3 is 2.49 bits per heavy atom. The van der Waals surface area contributed by atoms with E-state index in [-0.39, 0.29) is 29.5 Å². The van der Waals surface area contributed by atoms with E-state index in [9.17, 15) is 14.7 Å². The molecule has 41 heavy (non-hydrogen) atoms. The number of hydrogen-bond donors (Lipinski definition) is 2. The zero-order valence-corrected chi connectivity index (χ0v) is 23.3. The van der Waals surface area contributed by atoms with Gasteiger partial charge in [-0.2, -0.15) is 0 Å². The van der Waals surface area contributed by atoms with Crippen LogP contribution in [-0.2, 0) is 6.54 Å². The summed E-state index contributed by atoms with van der Waals surface area (Å²) in [6, 6.07) is 20.4. The van der Waals surface area contributed by atoms with E-state index >= 15 is 4.39 Å². The zero-order chi connectivity index (χ0) is 29.3. The molecular weight excluding hydrogens is 523 g/mol. The minimum Gasteiger partial charge on any atom is -0.454 e. The highest BCUT2D eigenvalue weighted by molar-refractivity contribution is 6.05. The molecule has 2 N–H and O–H groups in total. The van der Waals surface area contributed by atoms with Gasteiger partial charge in [-0.05, 0) is 67.8 Å². The lowest BCUT2D eigenvalue weighted by molar-refractivity contribution is 0.0987. The molecule has 0 fully saturated rings. The summed E-state index contributed by atoms with van der Waals surface area (Å²) in [5, 5.41) is 14.0. The molecule has 0 radical (unpaired) electrons. The smallest absolute Gasteiger partial charge is 0.284 e. The number of ether oxygens (including phenoxy) is 1. The standard InChI is InChI=1S/C32H31FN4O4/c1-19(2)27(38)18-36-21(4)30(32(40)37(36)23-8-6-5-7-9-23)31(39)35-22-11-13-29(25(33)17-22)41-28-14-15-34-26-16-20(3)10-12-24(26)28/h5-17,19,27,38H,18H2,1-4H3,(H,35,39)/t27-/m1/s1. The number of halogens is 1. The van der Waals surface area contributed by atoms with Crippen molar-refractivity contribution in [1.29, 1.82) is 0 Å². The number of aryl methyl sites for hydroxylation is 1. The van der Waals surface area contributed by atoms with Crippen LogP contribution in [0.1, 0.15) is 35.5 Å². The van der Waals surface area contributed by atoms with Gasteiger partial charge in [0.2, 0.25) is 0 Å². The molecule has 0 bridgehead atoms. The Morgan fingerprint density at radius 2 is 1.78 bits per heavy atom. The van der Waals surface area contributed by atoms with Gasteiger partial charge in [0.25, 0.3) is 11.5 Å². The van der Waals surface area contributed by atoms with Crippen molar-refractivity contribution >= 4 is 22.5 Å². The number of hydrogen-bond acceptors (Lipinski definition) is 5. The van der Waals surface area contributed by atoms with E-state index in [0.717, 1.165) is 22.5 Å². The topological polar surface area (TPSA) is 98.4 Å². The molecule has 1 atom stereocenters. The lowest BCUT2D eigenvalue weighted by Crippen LogP contribution is -2.29. The number of rotatable bonds is 8. The molecule has 0 aliphatic rings. The molecule has 2 aromatic heterocycles. The van der Waals surface area contributed by atoms with Crippen molar-refractivity contribution in [3.05, 3.63) is 112 Å². The summed E-state index contributed by atoms with van der Waals surface area (Å²) in [5.74, 6) is -0.999. The Bertz CT molecular complexity index is 1790. The Hall–Kier alpha value is -4.76. The Kier molecular flexibility index (Phi) is 7.72. The third kappa shape index (κ3) is 5.62. The van der Waals surface area contributed by atoms with Crippen LogP contribution in [0.25, 0.3) is 16.6 Å². The molecule has 5 aromatic rings. The molecule has 210 valence electrons. The average molecular weight is 555 g/mol. The van der Waals surface area contributed by atoms with Gasteiger partial charge in [-0.1, -0.05) is 38.1 Å². The first-order chi connectivity index (χ1) is 19.6. The van der Waals surface area contributed by atoms with Crippen LogP contribution in [0.3, 0.4) is 0 Å². The molecular formula is C32H31FN4O4. The number of carbonyl (C=O) groups excluding carboxylic acids is 1. The number of aliphatic hydroxyl groups excluding tert-OH is 1. The normalized spacial score (nSPS) is 12.1. The first-order valence-corrected chi connectivity index (χ1v) is 13.3. The number of aliphatic hydroxyl groups is 1. The second-order valence-electron chi connectivity index (χ2n) is 10.3. The predicted octanol–water partition coefficient (Wildman–Crippen LogP) is 6.00. The number of anilines is 1. The van der Waals surface area contributed by atoms with E-state index in [0.29, 0.717) is 17.1 Å². The largest absolute Gasteiger partial charge is 0.454 e. The number of fused-ring (bicyclic) bond motifs is 1. The van der Waals surface area contributed by atoms with Crippen LogP contribution in [0, 0.1) is 25.6 Å². The summed E-state index contributed by atoms with van der Waals surface area (Å²) in [6.45, 7) is 7.49. The van der Waals surface area contributed by atoms with Crippen molar-refractivity contribution in [2.45, 2.75) is 40.3 Å². The van der Waals surface area contributed by atoms with E-state index in [4.69, 9.17) is 4.74 Å². The summed E-state index contributed by atoms with van der Waals surface area (Å²) in [5.41, 5.74) is 2.25. The molecule has 0 saturated heterocycles. The zero-order valence-electron chi connectivity index (χ0n) is 23.3. The van der Waals surface area contributed by atoms with Gasteiger partial charge in [-0.25, -0.2) is 9.07 Å². The van der Waals surface area contributed by atoms with Gasteiger partial charge in [0.05, 0.1) is 29.5 Å². The van der Waals surface area contributed by atoms with E-state index in [1.165, 1.54) is 16.8 Å². The van der Waals surface area contributed by atoms with Crippen molar-refractivity contribution < 1.29 is 19.0 Å². The quantitative estimate of drug-likeness (QED) is 0.245. The Morgan fingerprint density at radius 1 is 1.02 bits per heavy atom. The number of amides is 1. The van der Waals surface area contributed by atoms with E-state index in [1.54, 1.807) is 48.1 Å². The van der Waals surface area contributed by atoms with Gasteiger partial charge in [-0.15, -0.1) is 0 Å². The number of benzene rings is 3. The number of nitrogens with zero attached hydrogens (tertiary/aromatic N) is 3. The first-order valence-electron chi connectivity index (χ1n) is 13.3. The van der Waals surface area contributed by atoms with E-state index in [1.807, 2.05) is 45.0 Å². The first kappa shape index (κ1) is 27.8. The molecule has 2 heterocycles. The summed E-state index contributed by atoms with van der Waals surface area (Å²) < 4.78 is 24.0. The Balaban J connectivity index is 1.43. The van der Waals surface area contributed by atoms with Gasteiger partial charge >= 0.3 is 0 Å². The van der Waals surface area contributed by atoms with Gasteiger partial charge < -0.3 is 15.2 Å². The molecule has 0 spiro atoms. The molecule has 3 aromatic carbocycles. The van der Waals surface area contributed by atoms with Crippen LogP contribution in [0.2, 0.25) is 0 Å². The molecule has 0 aliphatic heterocycles. The van der Waals surface area contributed by atoms with Crippen LogP contribution < -0.4 is 15.6 Å². The number of carbonyl (C=O) groups is 1. The number of nitrogens with one attached hydrogen (secondary N) is 1. The molecule has 8 nitrogen and oxygen atoms in total. The highest BCUT2D eigenvalue weighted by atomic mass is 19.1. The van der Waals surface area contributed by atoms with Crippen molar-refractivity contribution in [3.63, 3.8) is 0 Å². The molecule has 1 amide bonds. The van der Waals surface area contributed by atoms with E-state index < -0.39 is 23.4 Å². The van der Waals surface area contributed by atoms with Crippen molar-refractivity contribution in [1.82, 2.24) is 14.3 Å². The fraction of sp³-hybridized carbons (Fsp3) is 0.219. The average Bonchev–Trinajstić information content (AvgIpc) is 3.19. The Labute approximate surface area is 236 Å². The lowest BCUT2D eigenvalue weighted by atomic mass is 10.1. The summed E-state index contributed by atoms with van der Waals surface area (Å²) in [4.78, 5) is 31.3. The fourth-order valence-corrected chi connectivity index (χ4v) is 4.64. The summed E-state index contributed by atoms with van der Waals surface area (Å²) >= 11 is 0. The summed E-state index contributed by atoms with van der Waals surface area (Å²) in [7, 11) is 0.